The van der Waals surface area contributed by atoms with Crippen molar-refractivity contribution >= 4 is 46.4 Å². The maximum Gasteiger partial charge on any atom is 0.416 e. The molecule has 8 rings (SSSR count). The van der Waals surface area contributed by atoms with Gasteiger partial charge in [-0.25, -0.2) is 16.5 Å². The SMILES string of the molecule is [C-]#[N+]C1(C(=O)N2CC=C(c3nc4n(CC(=O)Nc5ccc(C(F)(F)F)cc5Cl)c5c(c(=O)n4n3)C3(CCN(C(=O)c4ncnc(C)c4O)CC3)O[C@@H]5C)CC2)CC1. The molecule has 2 fully saturated rings. The lowest BCUT2D eigenvalue weighted by atomic mass is 9.85. The molecule has 1 saturated heterocycles. The molecule has 16 nitrogen and oxygen atoms in total. The summed E-state index contributed by atoms with van der Waals surface area (Å²) >= 11 is 6.15. The number of nitrogens with zero attached hydrogens (tertiary/aromatic N) is 9. The van der Waals surface area contributed by atoms with Gasteiger partial charge >= 0.3 is 17.6 Å². The minimum absolute atomic E-state index is 0.00137. The van der Waals surface area contributed by atoms with E-state index in [0.717, 1.165) is 16.6 Å². The number of hydrogen-bond donors (Lipinski definition) is 2. The van der Waals surface area contributed by atoms with E-state index in [0.29, 0.717) is 43.1 Å². The number of rotatable bonds is 6. The van der Waals surface area contributed by atoms with Crippen LogP contribution in [0.3, 0.4) is 0 Å². The molecule has 0 radical (unpaired) electrons. The number of halogens is 4. The second-order valence-corrected chi connectivity index (χ2v) is 15.0. The first-order chi connectivity index (χ1) is 27.1. The number of amides is 3. The molecule has 57 heavy (non-hydrogen) atoms. The van der Waals surface area contributed by atoms with Crippen LogP contribution in [0.4, 0.5) is 18.9 Å². The van der Waals surface area contributed by atoms with Crippen molar-refractivity contribution in [1.29, 1.82) is 0 Å². The fourth-order valence-corrected chi connectivity index (χ4v) is 8.08. The monoisotopic (exact) mass is 806 g/mol. The number of piperidine rings is 1. The summed E-state index contributed by atoms with van der Waals surface area (Å²) < 4.78 is 49.0. The van der Waals surface area contributed by atoms with Crippen molar-refractivity contribution in [2.24, 2.45) is 0 Å². The smallest absolute Gasteiger partial charge is 0.416 e. The number of benzene rings is 1. The van der Waals surface area contributed by atoms with E-state index in [1.54, 1.807) is 24.8 Å². The van der Waals surface area contributed by atoms with Gasteiger partial charge in [0, 0.05) is 39.0 Å². The minimum Gasteiger partial charge on any atom is -0.504 e. The van der Waals surface area contributed by atoms with Crippen LogP contribution in [-0.2, 0) is 32.6 Å². The number of aromatic nitrogens is 6. The molecule has 0 bridgehead atoms. The number of likely N-dealkylation sites (tertiary alicyclic amines) is 1. The predicted octanol–water partition coefficient (Wildman–Crippen LogP) is 4.30. The van der Waals surface area contributed by atoms with Crippen LogP contribution in [0.2, 0.25) is 5.02 Å². The van der Waals surface area contributed by atoms with Crippen molar-refractivity contribution in [3.8, 4) is 5.75 Å². The van der Waals surface area contributed by atoms with E-state index in [-0.39, 0.29) is 83.4 Å². The number of fused-ring (bicyclic) bond motifs is 3. The molecule has 1 aliphatic carbocycles. The quantitative estimate of drug-likeness (QED) is 0.267. The first kappa shape index (κ1) is 38.0. The molecule has 4 aromatic rings. The zero-order valence-electron chi connectivity index (χ0n) is 30.6. The largest absolute Gasteiger partial charge is 0.504 e. The summed E-state index contributed by atoms with van der Waals surface area (Å²) in [6.45, 7) is 11.0. The molecule has 1 aromatic carbocycles. The molecule has 2 N–H and O–H groups in total. The number of aromatic hydroxyl groups is 1. The lowest BCUT2D eigenvalue weighted by Gasteiger charge is -2.39. The molecular weight excluding hydrogens is 773 g/mol. The van der Waals surface area contributed by atoms with Crippen LogP contribution in [0.15, 0.2) is 35.4 Å². The van der Waals surface area contributed by atoms with Gasteiger partial charge in [-0.05, 0) is 56.9 Å². The van der Waals surface area contributed by atoms with E-state index in [2.05, 4.69) is 25.2 Å². The maximum absolute atomic E-state index is 14.6. The fraction of sp³-hybridized carbons (Fsp3) is 0.432. The van der Waals surface area contributed by atoms with Gasteiger partial charge in [-0.2, -0.15) is 22.7 Å². The zero-order valence-corrected chi connectivity index (χ0v) is 31.3. The van der Waals surface area contributed by atoms with Gasteiger partial charge in [0.1, 0.15) is 18.5 Å². The zero-order chi connectivity index (χ0) is 40.6. The number of hydrogen-bond acceptors (Lipinski definition) is 10. The Labute approximate surface area is 326 Å². The molecule has 6 heterocycles. The summed E-state index contributed by atoms with van der Waals surface area (Å²) in [5.74, 6) is -1.57. The second kappa shape index (κ2) is 13.7. The van der Waals surface area contributed by atoms with E-state index in [1.165, 1.54) is 15.8 Å². The molecule has 0 unspecified atom stereocenters. The van der Waals surface area contributed by atoms with E-state index in [1.807, 2.05) is 0 Å². The standard InChI is InChI=1S/C37H34ClF3N10O6/c1-19-29(53)27(44-18-43-19)32(55)48-14-10-36(11-15-48)26-28(20(2)57-36)50(17-25(52)45-24-5-4-22(16-23(24)38)37(39,40)41)34-46-30(47-51(34)31(26)54)21-6-12-49(13-7-21)33(56)35(42-3)8-9-35/h4-6,16,18,20,53H,7-15,17H2,1-2H3,(H,45,52)/t20-/m1/s1. The van der Waals surface area contributed by atoms with Crippen LogP contribution in [0.5, 0.6) is 5.75 Å². The summed E-state index contributed by atoms with van der Waals surface area (Å²) in [6, 6.07) is 2.55. The third-order valence-corrected chi connectivity index (χ3v) is 11.4. The second-order valence-electron chi connectivity index (χ2n) is 14.6. The summed E-state index contributed by atoms with van der Waals surface area (Å²) in [4.78, 5) is 73.9. The third-order valence-electron chi connectivity index (χ3n) is 11.1. The minimum atomic E-state index is -4.65. The van der Waals surface area contributed by atoms with Crippen molar-refractivity contribution < 1.29 is 37.4 Å². The number of carbonyl (C=O) groups is 3. The summed E-state index contributed by atoms with van der Waals surface area (Å²) in [6.07, 6.45) is -0.737. The van der Waals surface area contributed by atoms with Crippen molar-refractivity contribution in [2.75, 3.05) is 31.5 Å². The molecule has 3 aromatic heterocycles. The average molecular weight is 807 g/mol. The van der Waals surface area contributed by atoms with Gasteiger partial charge < -0.3 is 29.5 Å². The van der Waals surface area contributed by atoms with Crippen molar-refractivity contribution in [3.05, 3.63) is 91.4 Å². The van der Waals surface area contributed by atoms with E-state index in [4.69, 9.17) is 27.9 Å². The Morgan fingerprint density at radius 3 is 2.49 bits per heavy atom. The van der Waals surface area contributed by atoms with Crippen LogP contribution >= 0.6 is 11.6 Å². The Bertz CT molecular complexity index is 2520. The van der Waals surface area contributed by atoms with Crippen LogP contribution in [0, 0.1) is 13.5 Å². The maximum atomic E-state index is 14.6. The molecule has 20 heteroatoms. The van der Waals surface area contributed by atoms with Crippen LogP contribution in [0.1, 0.15) is 84.0 Å². The van der Waals surface area contributed by atoms with Gasteiger partial charge in [0.15, 0.2) is 17.3 Å². The van der Waals surface area contributed by atoms with Crippen LogP contribution < -0.4 is 10.9 Å². The Morgan fingerprint density at radius 2 is 1.86 bits per heavy atom. The first-order valence-electron chi connectivity index (χ1n) is 18.1. The Kier molecular flexibility index (Phi) is 9.11. The van der Waals surface area contributed by atoms with Gasteiger partial charge in [-0.3, -0.25) is 24.0 Å². The number of ether oxygens (including phenoxy) is 1. The molecule has 1 spiro atoms. The van der Waals surface area contributed by atoms with E-state index >= 15 is 0 Å². The van der Waals surface area contributed by atoms with Crippen LogP contribution in [-0.4, -0.2) is 93.5 Å². The highest BCUT2D eigenvalue weighted by Crippen LogP contribution is 2.48. The Balaban J connectivity index is 1.15. The first-order valence-corrected chi connectivity index (χ1v) is 18.5. The lowest BCUT2D eigenvalue weighted by molar-refractivity contribution is -0.137. The molecule has 3 amide bonds. The van der Waals surface area contributed by atoms with E-state index < -0.39 is 52.9 Å². The van der Waals surface area contributed by atoms with Gasteiger partial charge in [-0.1, -0.05) is 17.7 Å². The Hall–Kier alpha value is -5.87. The Morgan fingerprint density at radius 1 is 1.12 bits per heavy atom. The number of aryl methyl sites for hydroxylation is 1. The normalized spacial score (nSPS) is 19.6. The van der Waals surface area contributed by atoms with Gasteiger partial charge in [-0.15, -0.1) is 5.10 Å². The lowest BCUT2D eigenvalue weighted by Crippen LogP contribution is -2.47. The number of anilines is 1. The average Bonchev–Trinajstić information content (AvgIpc) is 3.77. The summed E-state index contributed by atoms with van der Waals surface area (Å²) in [7, 11) is 0. The molecule has 296 valence electrons. The number of nitrogens with one attached hydrogen (secondary N) is 1. The van der Waals surface area contributed by atoms with Crippen LogP contribution in [0.25, 0.3) is 16.2 Å². The van der Waals surface area contributed by atoms with Crippen molar-refractivity contribution in [3.63, 3.8) is 0 Å². The highest BCUT2D eigenvalue weighted by atomic mass is 35.5. The highest BCUT2D eigenvalue weighted by Gasteiger charge is 2.60. The third kappa shape index (κ3) is 6.45. The number of alkyl halides is 3. The number of carbonyl (C=O) groups excluding carboxylic acids is 3. The molecule has 1 saturated carbocycles. The predicted molar refractivity (Wildman–Crippen MR) is 195 cm³/mol. The molecule has 4 aliphatic rings. The van der Waals surface area contributed by atoms with Gasteiger partial charge in [0.2, 0.25) is 11.7 Å². The molecule has 1 atom stereocenters. The van der Waals surface area contributed by atoms with Crippen molar-refractivity contribution in [2.45, 2.75) is 75.9 Å². The van der Waals surface area contributed by atoms with Crippen molar-refractivity contribution in [1.82, 2.24) is 38.9 Å². The molecular formula is C37H34ClF3N10O6. The topological polar surface area (TPSA) is 182 Å². The van der Waals surface area contributed by atoms with E-state index in [9.17, 15) is 37.5 Å². The van der Waals surface area contributed by atoms with Gasteiger partial charge in [0.25, 0.3) is 11.5 Å². The summed E-state index contributed by atoms with van der Waals surface area (Å²) in [5.41, 5.74) is -2.50. The molecule has 3 aliphatic heterocycles. The fourth-order valence-electron chi connectivity index (χ4n) is 7.85. The summed E-state index contributed by atoms with van der Waals surface area (Å²) in [5, 5.41) is 17.3. The van der Waals surface area contributed by atoms with Gasteiger partial charge in [0.05, 0.1) is 39.3 Å². The highest BCUT2D eigenvalue weighted by molar-refractivity contribution is 6.33.